The molecule has 7 aromatic rings. The second kappa shape index (κ2) is 25.8. The molecule has 0 unspecified atom stereocenters. The van der Waals surface area contributed by atoms with Crippen molar-refractivity contribution in [1.29, 1.82) is 5.41 Å². The molecule has 374 valence electrons. The molecule has 7 rings (SSSR count). The summed E-state index contributed by atoms with van der Waals surface area (Å²) >= 11 is 3.70. The molecule has 0 aliphatic heterocycles. The first-order valence-corrected chi connectivity index (χ1v) is 22.0. The van der Waals surface area contributed by atoms with Gasteiger partial charge < -0.3 is 29.9 Å². The Morgan fingerprint density at radius 3 is 1.47 bits per heavy atom. The number of halogens is 3. The van der Waals surface area contributed by atoms with Gasteiger partial charge in [0.15, 0.2) is 0 Å². The average molecular weight is 1090 g/mol. The molecule has 0 spiro atoms. The third-order valence-electron chi connectivity index (χ3n) is 10.5. The van der Waals surface area contributed by atoms with Crippen LogP contribution in [0.1, 0.15) is 75.1 Å². The van der Waals surface area contributed by atoms with Crippen LogP contribution in [-0.2, 0) is 58.9 Å². The molecule has 19 heteroatoms. The van der Waals surface area contributed by atoms with Gasteiger partial charge in [-0.2, -0.15) is 18.3 Å². The van der Waals surface area contributed by atoms with Gasteiger partial charge >= 0.3 is 25.7 Å². The fourth-order valence-electron chi connectivity index (χ4n) is 6.98. The van der Waals surface area contributed by atoms with Crippen molar-refractivity contribution in [3.63, 3.8) is 0 Å². The Labute approximate surface area is 437 Å². The maximum atomic E-state index is 12.8. The van der Waals surface area contributed by atoms with E-state index in [0.29, 0.717) is 59.5 Å². The standard InChI is InChI=1S/C29H30F3N4.C24H17N3O6.CNS.Ru/c1-27(2,3)17-7-9-24-20(13-17)21-14-18(28(4,5)6)8-10-25(21)36(24)19-11-12-35-23(15-19)22(33)16-26(34)29(30,31)32;28-15-31-8-3-18-1-6-25-21(11-18)23-13-20(5-10-33-17-30)14-24(27-23)22-12-19(2-7-26-22)4-9-32-16-29;2-1-3;/h7-16,33-34H,1-6H3;1-17H;;/q-1;;-1;+2/b22-16-,34-26?;8-3+,9-4+,10-5+;;. The predicted octanol–water partition coefficient (Wildman–Crippen LogP) is 13.0. The number of isothiocyanates is 1. The number of fused-ring (bicyclic) bond motifs is 3. The van der Waals surface area contributed by atoms with Crippen molar-refractivity contribution in [3.8, 4) is 28.5 Å². The third kappa shape index (κ3) is 15.7. The van der Waals surface area contributed by atoms with Crippen LogP contribution in [0.3, 0.4) is 0 Å². The van der Waals surface area contributed by atoms with Crippen molar-refractivity contribution >= 4 is 88.2 Å². The summed E-state index contributed by atoms with van der Waals surface area (Å²) in [5.74, 6) is 0. The maximum absolute atomic E-state index is 12.8. The summed E-state index contributed by atoms with van der Waals surface area (Å²) < 4.78 is 54.4. The molecule has 0 amide bonds. The Hall–Kier alpha value is -8.11. The molecule has 5 aromatic heterocycles. The first-order valence-electron chi connectivity index (χ1n) is 21.6. The number of benzene rings is 2. The number of aromatic nitrogens is 5. The molecule has 73 heavy (non-hydrogen) atoms. The third-order valence-corrected chi connectivity index (χ3v) is 10.5. The van der Waals surface area contributed by atoms with Crippen molar-refractivity contribution in [2.45, 2.75) is 58.5 Å². The summed E-state index contributed by atoms with van der Waals surface area (Å²) in [5.41, 5.74) is 15.4. The predicted molar refractivity (Wildman–Crippen MR) is 277 cm³/mol. The number of hydrogen-bond donors (Lipinski definition) is 1. The van der Waals surface area contributed by atoms with Gasteiger partial charge in [0.2, 0.25) is 0 Å². The Morgan fingerprint density at radius 2 is 1.05 bits per heavy atom. The van der Waals surface area contributed by atoms with Crippen LogP contribution in [0.4, 0.5) is 13.2 Å². The Kier molecular flexibility index (Phi) is 20.3. The van der Waals surface area contributed by atoms with Crippen LogP contribution in [-0.4, -0.2) is 61.0 Å². The molecule has 2 N–H and O–H groups in total. The van der Waals surface area contributed by atoms with Gasteiger partial charge in [-0.1, -0.05) is 65.9 Å². The molecule has 0 radical (unpaired) electrons. The number of thiocarbonyl (C=S) groups is 1. The van der Waals surface area contributed by atoms with Gasteiger partial charge in [0.05, 0.1) is 52.6 Å². The monoisotopic (exact) mass is 1090 g/mol. The van der Waals surface area contributed by atoms with Gasteiger partial charge in [-0.05, 0) is 136 Å². The number of ether oxygens (including phenoxy) is 3. The average Bonchev–Trinajstić information content (AvgIpc) is 3.67. The summed E-state index contributed by atoms with van der Waals surface area (Å²) in [6, 6.07) is 26.7. The fraction of sp³-hybridized carbons (Fsp3) is 0.167. The minimum atomic E-state index is -4.81. The number of carbonyl (C=O) groups is 3. The molecule has 5 heterocycles. The molecular weight excluding hydrogens is 1050 g/mol. The number of nitrogens with one attached hydrogen (secondary N) is 2. The molecule has 0 bridgehead atoms. The number of nitrogens with zero attached hydrogens (tertiary/aromatic N) is 6. The van der Waals surface area contributed by atoms with Crippen molar-refractivity contribution in [1.82, 2.24) is 24.5 Å². The fourth-order valence-corrected chi connectivity index (χ4v) is 6.98. The van der Waals surface area contributed by atoms with Crippen LogP contribution < -0.4 is 0 Å². The van der Waals surface area contributed by atoms with E-state index in [4.69, 9.17) is 16.6 Å². The van der Waals surface area contributed by atoms with Gasteiger partial charge in [0, 0.05) is 40.7 Å². The van der Waals surface area contributed by atoms with E-state index in [2.05, 4.69) is 129 Å². The van der Waals surface area contributed by atoms with E-state index in [9.17, 15) is 27.6 Å². The van der Waals surface area contributed by atoms with E-state index < -0.39 is 17.6 Å². The second-order valence-electron chi connectivity index (χ2n) is 17.5. The quantitative estimate of drug-likeness (QED) is 0.0271. The van der Waals surface area contributed by atoms with Crippen molar-refractivity contribution in [2.75, 3.05) is 0 Å². The number of rotatable bonds is 14. The van der Waals surface area contributed by atoms with E-state index in [-0.39, 0.29) is 36.0 Å². The Bertz CT molecular complexity index is 3120. The zero-order chi connectivity index (χ0) is 52.6. The van der Waals surface area contributed by atoms with Gasteiger partial charge in [-0.15, -0.1) is 5.70 Å². The van der Waals surface area contributed by atoms with Gasteiger partial charge in [-0.3, -0.25) is 34.7 Å². The van der Waals surface area contributed by atoms with Crippen LogP contribution in [0, 0.1) is 5.41 Å². The molecule has 0 atom stereocenters. The minimum absolute atomic E-state index is 0. The smallest absolute Gasteiger partial charge is 0.753 e. The number of pyridine rings is 4. The number of allylic oxidation sites excluding steroid dienone is 1. The molecule has 0 fully saturated rings. The van der Waals surface area contributed by atoms with Gasteiger partial charge in [0.1, 0.15) is 5.71 Å². The zero-order valence-corrected chi connectivity index (χ0v) is 42.7. The van der Waals surface area contributed by atoms with Crippen LogP contribution >= 0.6 is 12.2 Å². The molecule has 0 aliphatic rings. The normalized spacial score (nSPS) is 11.8. The SMILES string of the molecule is CC(C)(C)c1ccc2c(c1)c1cc(C(C)(C)C)ccc1n2-c1ccnc(/C([NH-])=C/C(=N)C(F)(F)F)c1.O=CO/C=C/c1ccnc(-c2cc(/C=C/OC=O)cc(-c3cc(/C=C/OC=O)ccn3)n2)c1.[N-]=C=S.[Ru+2]. The van der Waals surface area contributed by atoms with Crippen molar-refractivity contribution in [2.24, 2.45) is 0 Å². The molecule has 0 aliphatic carbocycles. The van der Waals surface area contributed by atoms with Crippen LogP contribution in [0.15, 0.2) is 128 Å². The maximum Gasteiger partial charge on any atom is 2.00 e. The van der Waals surface area contributed by atoms with Crippen LogP contribution in [0.2, 0.25) is 0 Å². The summed E-state index contributed by atoms with van der Waals surface area (Å²) in [4.78, 5) is 48.7. The van der Waals surface area contributed by atoms with Crippen LogP contribution in [0.25, 0.3) is 85.3 Å². The van der Waals surface area contributed by atoms with E-state index in [1.54, 1.807) is 79.2 Å². The van der Waals surface area contributed by atoms with Crippen molar-refractivity contribution < 1.29 is 61.2 Å². The van der Waals surface area contributed by atoms with E-state index in [1.165, 1.54) is 41.3 Å². The Morgan fingerprint density at radius 1 is 0.644 bits per heavy atom. The van der Waals surface area contributed by atoms with E-state index in [1.807, 2.05) is 0 Å². The first-order chi connectivity index (χ1) is 34.2. The number of alkyl halides is 3. The zero-order valence-electron chi connectivity index (χ0n) is 40.1. The molecule has 14 nitrogen and oxygen atoms in total. The minimum Gasteiger partial charge on any atom is -0.753 e. The number of carbonyl (C=O) groups excluding carboxylic acids is 3. The largest absolute Gasteiger partial charge is 2.00 e. The molecule has 0 saturated heterocycles. The van der Waals surface area contributed by atoms with Crippen molar-refractivity contribution in [3.05, 3.63) is 173 Å². The van der Waals surface area contributed by atoms with Gasteiger partial charge in [-0.25, -0.2) is 4.98 Å². The second-order valence-corrected chi connectivity index (χ2v) is 17.7. The van der Waals surface area contributed by atoms with E-state index >= 15 is 0 Å². The number of hydrogen-bond acceptors (Lipinski definition) is 12. The molecule has 2 aromatic carbocycles. The topological polar surface area (TPSA) is 205 Å². The summed E-state index contributed by atoms with van der Waals surface area (Å²) in [5, 5.41) is 17.9. The summed E-state index contributed by atoms with van der Waals surface area (Å²) in [6.45, 7) is 14.0. The summed E-state index contributed by atoms with van der Waals surface area (Å²) in [6.07, 6.45) is 8.97. The van der Waals surface area contributed by atoms with E-state index in [0.717, 1.165) is 32.9 Å². The summed E-state index contributed by atoms with van der Waals surface area (Å²) in [7, 11) is 0. The van der Waals surface area contributed by atoms with Crippen LogP contribution in [0.5, 0.6) is 0 Å². The molecular formula is C54H47F3N8O6RuS. The first kappa shape index (κ1) is 57.5. The Balaban J connectivity index is 0.000000298. The molecule has 0 saturated carbocycles. The van der Waals surface area contributed by atoms with Gasteiger partial charge in [0.25, 0.3) is 19.4 Å².